The van der Waals surface area contributed by atoms with E-state index < -0.39 is 0 Å². The number of nitrogens with zero attached hydrogens (tertiary/aromatic N) is 5. The van der Waals surface area contributed by atoms with Crippen LogP contribution >= 0.6 is 0 Å². The van der Waals surface area contributed by atoms with E-state index in [9.17, 15) is 4.79 Å². The summed E-state index contributed by atoms with van der Waals surface area (Å²) in [4.78, 5) is 18.9. The second-order valence-electron chi connectivity index (χ2n) is 6.65. The number of piperidine rings is 1. The van der Waals surface area contributed by atoms with Crippen molar-refractivity contribution in [2.24, 2.45) is 0 Å². The van der Waals surface area contributed by atoms with Gasteiger partial charge in [-0.15, -0.1) is 0 Å². The van der Waals surface area contributed by atoms with Gasteiger partial charge in [0.1, 0.15) is 12.7 Å². The number of carbonyl (C=O) groups excluding carboxylic acids is 1. The molecule has 1 saturated heterocycles. The normalized spacial score (nSPS) is 18.0. The predicted molar refractivity (Wildman–Crippen MR) is 96.2 cm³/mol. The van der Waals surface area contributed by atoms with E-state index in [1.807, 2.05) is 21.7 Å². The van der Waals surface area contributed by atoms with Crippen molar-refractivity contribution in [1.29, 1.82) is 0 Å². The van der Waals surface area contributed by atoms with Crippen molar-refractivity contribution in [3.63, 3.8) is 0 Å². The fraction of sp³-hybridized carbons (Fsp3) is 0.421. The smallest absolute Gasteiger partial charge is 0.227 e. The highest BCUT2D eigenvalue weighted by Crippen LogP contribution is 2.24. The third-order valence-corrected chi connectivity index (χ3v) is 5.11. The molecule has 0 saturated carbocycles. The summed E-state index contributed by atoms with van der Waals surface area (Å²) < 4.78 is 4.09. The Morgan fingerprint density at radius 2 is 2.20 bits per heavy atom. The molecule has 1 aliphatic rings. The first kappa shape index (κ1) is 15.9. The third kappa shape index (κ3) is 3.04. The maximum atomic E-state index is 12.9. The summed E-state index contributed by atoms with van der Waals surface area (Å²) in [5, 5.41) is 5.42. The van der Waals surface area contributed by atoms with Crippen LogP contribution in [0.25, 0.3) is 10.9 Å². The van der Waals surface area contributed by atoms with Crippen LogP contribution in [0.2, 0.25) is 0 Å². The molecule has 25 heavy (non-hydrogen) atoms. The van der Waals surface area contributed by atoms with Gasteiger partial charge in [0.05, 0.1) is 12.5 Å². The lowest BCUT2D eigenvalue weighted by Gasteiger charge is -2.32. The molecule has 1 amide bonds. The lowest BCUT2D eigenvalue weighted by Crippen LogP contribution is -2.41. The van der Waals surface area contributed by atoms with E-state index in [4.69, 9.17) is 0 Å². The Kier molecular flexibility index (Phi) is 4.26. The van der Waals surface area contributed by atoms with Crippen LogP contribution in [-0.2, 0) is 17.8 Å². The topological polar surface area (TPSA) is 56.0 Å². The minimum absolute atomic E-state index is 0.198. The number of likely N-dealkylation sites (tertiary alicyclic amines) is 1. The minimum atomic E-state index is 0.198. The van der Waals surface area contributed by atoms with E-state index >= 15 is 0 Å². The van der Waals surface area contributed by atoms with Gasteiger partial charge in [-0.25, -0.2) is 9.67 Å². The average Bonchev–Trinajstić information content (AvgIpc) is 3.30. The summed E-state index contributed by atoms with van der Waals surface area (Å²) in [6.45, 7) is 4.59. The van der Waals surface area contributed by atoms with Crippen LogP contribution in [0.15, 0.2) is 43.1 Å². The molecule has 1 atom stereocenters. The molecule has 3 heterocycles. The highest BCUT2D eigenvalue weighted by atomic mass is 16.2. The Labute approximate surface area is 147 Å². The van der Waals surface area contributed by atoms with Crippen molar-refractivity contribution in [2.45, 2.75) is 38.8 Å². The molecule has 3 aromatic rings. The molecule has 1 aromatic carbocycles. The summed E-state index contributed by atoms with van der Waals surface area (Å²) >= 11 is 0. The molecule has 130 valence electrons. The first-order valence-electron chi connectivity index (χ1n) is 8.95. The summed E-state index contributed by atoms with van der Waals surface area (Å²) in [5.74, 6) is 0.198. The number of aromatic nitrogens is 4. The Morgan fingerprint density at radius 1 is 1.32 bits per heavy atom. The lowest BCUT2D eigenvalue weighted by atomic mass is 10.0. The van der Waals surface area contributed by atoms with Gasteiger partial charge in [-0.2, -0.15) is 5.10 Å². The van der Waals surface area contributed by atoms with Crippen LogP contribution in [0.3, 0.4) is 0 Å². The Morgan fingerprint density at radius 3 is 3.00 bits per heavy atom. The Hall–Kier alpha value is -2.63. The van der Waals surface area contributed by atoms with Gasteiger partial charge in [-0.1, -0.05) is 18.2 Å². The van der Waals surface area contributed by atoms with Crippen LogP contribution < -0.4 is 0 Å². The van der Waals surface area contributed by atoms with E-state index in [0.29, 0.717) is 13.0 Å². The van der Waals surface area contributed by atoms with Gasteiger partial charge >= 0.3 is 0 Å². The second-order valence-corrected chi connectivity index (χ2v) is 6.65. The first-order valence-corrected chi connectivity index (χ1v) is 8.95. The van der Waals surface area contributed by atoms with Gasteiger partial charge < -0.3 is 9.47 Å². The molecule has 1 fully saturated rings. The number of carbonyl (C=O) groups is 1. The number of hydrogen-bond donors (Lipinski definition) is 0. The van der Waals surface area contributed by atoms with Gasteiger partial charge in [-0.05, 0) is 31.4 Å². The quantitative estimate of drug-likeness (QED) is 0.735. The highest BCUT2D eigenvalue weighted by Gasteiger charge is 2.25. The van der Waals surface area contributed by atoms with Crippen molar-refractivity contribution >= 4 is 16.8 Å². The van der Waals surface area contributed by atoms with E-state index in [2.05, 4.69) is 39.9 Å². The van der Waals surface area contributed by atoms with Gasteiger partial charge in [0.2, 0.25) is 5.91 Å². The zero-order valence-corrected chi connectivity index (χ0v) is 14.5. The summed E-state index contributed by atoms with van der Waals surface area (Å²) in [6, 6.07) is 8.55. The van der Waals surface area contributed by atoms with Crippen molar-refractivity contribution in [3.05, 3.63) is 48.7 Å². The lowest BCUT2D eigenvalue weighted by molar-refractivity contribution is -0.132. The number of hydrogen-bond acceptors (Lipinski definition) is 3. The molecular weight excluding hydrogens is 314 g/mol. The van der Waals surface area contributed by atoms with E-state index in [0.717, 1.165) is 31.5 Å². The molecule has 4 rings (SSSR count). The van der Waals surface area contributed by atoms with Crippen LogP contribution in [0.1, 0.15) is 31.4 Å². The summed E-state index contributed by atoms with van der Waals surface area (Å²) in [5.41, 5.74) is 2.32. The fourth-order valence-electron chi connectivity index (χ4n) is 3.80. The van der Waals surface area contributed by atoms with Gasteiger partial charge in [0.15, 0.2) is 0 Å². The number of benzene rings is 1. The zero-order valence-electron chi connectivity index (χ0n) is 14.5. The molecule has 0 unspecified atom stereocenters. The number of aryl methyl sites for hydroxylation is 1. The standard InChI is InChI=1S/C19H23N5O/c1-2-22-11-15(17-7-3-4-8-18(17)22)10-19(25)23-9-5-6-16(12-23)24-14-20-13-21-24/h3-4,7-8,11,13-14,16H,2,5-6,9-10,12H2,1H3/t16-/m1/s1. The first-order chi connectivity index (χ1) is 12.3. The van der Waals surface area contributed by atoms with E-state index in [-0.39, 0.29) is 11.9 Å². The number of amides is 1. The molecule has 2 aromatic heterocycles. The predicted octanol–water partition coefficient (Wildman–Crippen LogP) is 2.66. The van der Waals surface area contributed by atoms with Crippen molar-refractivity contribution in [2.75, 3.05) is 13.1 Å². The summed E-state index contributed by atoms with van der Waals surface area (Å²) in [6.07, 6.45) is 7.93. The van der Waals surface area contributed by atoms with Crippen molar-refractivity contribution in [3.8, 4) is 0 Å². The monoisotopic (exact) mass is 337 g/mol. The Balaban J connectivity index is 1.52. The molecule has 0 N–H and O–H groups in total. The molecule has 1 aliphatic heterocycles. The van der Waals surface area contributed by atoms with Gasteiger partial charge in [0.25, 0.3) is 0 Å². The molecule has 0 radical (unpaired) electrons. The molecule has 0 aliphatic carbocycles. The van der Waals surface area contributed by atoms with Crippen LogP contribution in [0.4, 0.5) is 0 Å². The zero-order chi connectivity index (χ0) is 17.2. The average molecular weight is 337 g/mol. The fourth-order valence-corrected chi connectivity index (χ4v) is 3.80. The largest absolute Gasteiger partial charge is 0.347 e. The molecule has 6 nitrogen and oxygen atoms in total. The maximum Gasteiger partial charge on any atom is 0.227 e. The highest BCUT2D eigenvalue weighted by molar-refractivity contribution is 5.89. The molecule has 0 spiro atoms. The van der Waals surface area contributed by atoms with Crippen LogP contribution in [0, 0.1) is 0 Å². The van der Waals surface area contributed by atoms with Crippen molar-refractivity contribution < 1.29 is 4.79 Å². The number of rotatable bonds is 4. The van der Waals surface area contributed by atoms with E-state index in [1.54, 1.807) is 12.7 Å². The third-order valence-electron chi connectivity index (χ3n) is 5.11. The van der Waals surface area contributed by atoms with Crippen molar-refractivity contribution in [1.82, 2.24) is 24.2 Å². The molecule has 6 heteroatoms. The van der Waals surface area contributed by atoms with Crippen LogP contribution in [-0.4, -0.2) is 43.2 Å². The Bertz CT molecular complexity index is 867. The number of para-hydroxylation sites is 1. The minimum Gasteiger partial charge on any atom is -0.347 e. The van der Waals surface area contributed by atoms with E-state index in [1.165, 1.54) is 10.9 Å². The number of fused-ring (bicyclic) bond motifs is 1. The van der Waals surface area contributed by atoms with Gasteiger partial charge in [-0.3, -0.25) is 4.79 Å². The maximum absolute atomic E-state index is 12.9. The molecular formula is C19H23N5O. The van der Waals surface area contributed by atoms with Gasteiger partial charge in [0, 0.05) is 36.7 Å². The SMILES string of the molecule is CCn1cc(CC(=O)N2CCC[C@@H](n3cncn3)C2)c2ccccc21. The summed E-state index contributed by atoms with van der Waals surface area (Å²) in [7, 11) is 0. The van der Waals surface area contributed by atoms with Crippen LogP contribution in [0.5, 0.6) is 0 Å². The molecule has 0 bridgehead atoms. The second kappa shape index (κ2) is 6.70.